The maximum Gasteiger partial charge on any atom is 0.264 e. The maximum absolute atomic E-state index is 13.6. The zero-order valence-corrected chi connectivity index (χ0v) is 12.1. The molecule has 22 heavy (non-hydrogen) atoms. The molecule has 5 nitrogen and oxygen atoms in total. The van der Waals surface area contributed by atoms with Crippen LogP contribution in [0.3, 0.4) is 0 Å². The van der Waals surface area contributed by atoms with Crippen molar-refractivity contribution in [1.82, 2.24) is 0 Å². The van der Waals surface area contributed by atoms with Gasteiger partial charge in [0.15, 0.2) is 0 Å². The minimum atomic E-state index is -4.41. The summed E-state index contributed by atoms with van der Waals surface area (Å²) in [5.74, 6) is -3.53. The SMILES string of the molecule is Cc1ccc(C(=O)[O-])cc1NS(=O)(=O)c1cc(F)ccc1F. The van der Waals surface area contributed by atoms with Crippen molar-refractivity contribution in [3.05, 3.63) is 59.2 Å². The van der Waals surface area contributed by atoms with Gasteiger partial charge in [-0.2, -0.15) is 0 Å². The third-order valence-corrected chi connectivity index (χ3v) is 4.28. The van der Waals surface area contributed by atoms with E-state index in [1.54, 1.807) is 0 Å². The number of carbonyl (C=O) groups excluding carboxylic acids is 1. The van der Waals surface area contributed by atoms with Crippen LogP contribution in [0.2, 0.25) is 0 Å². The molecule has 0 atom stereocenters. The number of hydrogen-bond donors (Lipinski definition) is 1. The van der Waals surface area contributed by atoms with Gasteiger partial charge < -0.3 is 9.90 Å². The summed E-state index contributed by atoms with van der Waals surface area (Å²) in [7, 11) is -4.41. The lowest BCUT2D eigenvalue weighted by atomic mass is 10.1. The fourth-order valence-electron chi connectivity index (χ4n) is 1.74. The van der Waals surface area contributed by atoms with Gasteiger partial charge in [-0.05, 0) is 42.3 Å². The molecule has 0 saturated heterocycles. The predicted octanol–water partition coefficient (Wildman–Crippen LogP) is 1.44. The summed E-state index contributed by atoms with van der Waals surface area (Å²) in [6.45, 7) is 1.53. The zero-order valence-electron chi connectivity index (χ0n) is 11.3. The van der Waals surface area contributed by atoms with Crippen LogP contribution in [-0.4, -0.2) is 14.4 Å². The predicted molar refractivity (Wildman–Crippen MR) is 72.7 cm³/mol. The molecule has 2 aromatic carbocycles. The monoisotopic (exact) mass is 326 g/mol. The van der Waals surface area contributed by atoms with Crippen molar-refractivity contribution in [3.63, 3.8) is 0 Å². The highest BCUT2D eigenvalue weighted by Crippen LogP contribution is 2.23. The Labute approximate surface area is 125 Å². The molecule has 0 saturated carbocycles. The second-order valence-electron chi connectivity index (χ2n) is 4.50. The summed E-state index contributed by atoms with van der Waals surface area (Å²) in [4.78, 5) is 9.93. The van der Waals surface area contributed by atoms with E-state index in [1.807, 2.05) is 4.72 Å². The number of aryl methyl sites for hydroxylation is 1. The number of sulfonamides is 1. The van der Waals surface area contributed by atoms with Gasteiger partial charge in [0.2, 0.25) is 0 Å². The molecule has 2 aromatic rings. The second-order valence-corrected chi connectivity index (χ2v) is 6.15. The highest BCUT2D eigenvalue weighted by atomic mass is 32.2. The molecule has 0 amide bonds. The molecule has 0 aliphatic carbocycles. The average Bonchev–Trinajstić information content (AvgIpc) is 2.43. The van der Waals surface area contributed by atoms with E-state index in [0.717, 1.165) is 12.1 Å². The number of halogens is 2. The van der Waals surface area contributed by atoms with Gasteiger partial charge in [0, 0.05) is 0 Å². The van der Waals surface area contributed by atoms with E-state index in [0.29, 0.717) is 17.7 Å². The molecule has 116 valence electrons. The fraction of sp³-hybridized carbons (Fsp3) is 0.0714. The minimum absolute atomic E-state index is 0.0645. The van der Waals surface area contributed by atoms with Gasteiger partial charge in [-0.15, -0.1) is 0 Å². The van der Waals surface area contributed by atoms with Crippen molar-refractivity contribution in [1.29, 1.82) is 0 Å². The molecule has 0 aliphatic heterocycles. The lowest BCUT2D eigenvalue weighted by Crippen LogP contribution is -2.23. The normalized spacial score (nSPS) is 11.2. The molecule has 0 aliphatic rings. The zero-order chi connectivity index (χ0) is 16.5. The number of rotatable bonds is 4. The van der Waals surface area contributed by atoms with Crippen LogP contribution in [-0.2, 0) is 10.0 Å². The van der Waals surface area contributed by atoms with Crippen molar-refractivity contribution >= 4 is 21.7 Å². The Balaban J connectivity index is 2.47. The molecule has 2 rings (SSSR count). The van der Waals surface area contributed by atoms with Crippen LogP contribution < -0.4 is 9.83 Å². The number of carboxylic acids is 1. The van der Waals surface area contributed by atoms with Gasteiger partial charge >= 0.3 is 0 Å². The summed E-state index contributed by atoms with van der Waals surface area (Å²) >= 11 is 0. The molecule has 8 heteroatoms. The minimum Gasteiger partial charge on any atom is -0.545 e. The quantitative estimate of drug-likeness (QED) is 0.921. The van der Waals surface area contributed by atoms with E-state index in [4.69, 9.17) is 0 Å². The Kier molecular flexibility index (Phi) is 4.14. The first-order chi connectivity index (χ1) is 10.2. The van der Waals surface area contributed by atoms with Crippen molar-refractivity contribution in [3.8, 4) is 0 Å². The lowest BCUT2D eigenvalue weighted by Gasteiger charge is -2.13. The third-order valence-electron chi connectivity index (χ3n) is 2.90. The molecule has 0 unspecified atom stereocenters. The van der Waals surface area contributed by atoms with Gasteiger partial charge in [0.05, 0.1) is 11.7 Å². The molecule has 0 spiro atoms. The smallest absolute Gasteiger partial charge is 0.264 e. The van der Waals surface area contributed by atoms with E-state index < -0.39 is 32.5 Å². The number of anilines is 1. The van der Waals surface area contributed by atoms with Crippen LogP contribution in [0.4, 0.5) is 14.5 Å². The van der Waals surface area contributed by atoms with Crippen LogP contribution in [0.5, 0.6) is 0 Å². The van der Waals surface area contributed by atoms with E-state index in [1.165, 1.54) is 19.1 Å². The Morgan fingerprint density at radius 3 is 2.45 bits per heavy atom. The van der Waals surface area contributed by atoms with Gasteiger partial charge in [-0.3, -0.25) is 4.72 Å². The topological polar surface area (TPSA) is 86.3 Å². The summed E-state index contributed by atoms with van der Waals surface area (Å²) in [5.41, 5.74) is 0.0961. The molecular weight excluding hydrogens is 316 g/mol. The van der Waals surface area contributed by atoms with Crippen LogP contribution in [0.15, 0.2) is 41.3 Å². The standard InChI is InChI=1S/C14H11F2NO4S/c1-8-2-3-9(14(18)19)6-12(8)17-22(20,21)13-7-10(15)4-5-11(13)16/h2-7,17H,1H3,(H,18,19)/p-1. The summed E-state index contributed by atoms with van der Waals surface area (Å²) in [6, 6.07) is 5.66. The van der Waals surface area contributed by atoms with Crippen molar-refractivity contribution < 1.29 is 27.1 Å². The van der Waals surface area contributed by atoms with Gasteiger partial charge in [0.25, 0.3) is 10.0 Å². The van der Waals surface area contributed by atoms with Gasteiger partial charge in [0.1, 0.15) is 16.5 Å². The van der Waals surface area contributed by atoms with Crippen molar-refractivity contribution in [2.75, 3.05) is 4.72 Å². The van der Waals surface area contributed by atoms with E-state index >= 15 is 0 Å². The average molecular weight is 326 g/mol. The van der Waals surface area contributed by atoms with E-state index in [-0.39, 0.29) is 11.3 Å². The number of hydrogen-bond acceptors (Lipinski definition) is 4. The fourth-order valence-corrected chi connectivity index (χ4v) is 2.95. The van der Waals surface area contributed by atoms with Crippen molar-refractivity contribution in [2.45, 2.75) is 11.8 Å². The Morgan fingerprint density at radius 1 is 1.14 bits per heavy atom. The Hall–Kier alpha value is -2.48. The first-order valence-corrected chi connectivity index (χ1v) is 7.49. The molecule has 1 N–H and O–H groups in total. The van der Waals surface area contributed by atoms with E-state index in [2.05, 4.69) is 0 Å². The highest BCUT2D eigenvalue weighted by Gasteiger charge is 2.21. The van der Waals surface area contributed by atoms with E-state index in [9.17, 15) is 27.1 Å². The summed E-state index contributed by atoms with van der Waals surface area (Å²) < 4.78 is 53.0. The largest absolute Gasteiger partial charge is 0.545 e. The lowest BCUT2D eigenvalue weighted by molar-refractivity contribution is -0.255. The highest BCUT2D eigenvalue weighted by molar-refractivity contribution is 7.92. The molecule has 0 heterocycles. The molecule has 0 bridgehead atoms. The third kappa shape index (κ3) is 3.22. The van der Waals surface area contributed by atoms with Crippen LogP contribution in [0.1, 0.15) is 15.9 Å². The molecule has 0 fully saturated rings. The number of benzene rings is 2. The van der Waals surface area contributed by atoms with Crippen molar-refractivity contribution in [2.24, 2.45) is 0 Å². The van der Waals surface area contributed by atoms with Gasteiger partial charge in [-0.1, -0.05) is 12.1 Å². The summed E-state index contributed by atoms with van der Waals surface area (Å²) in [6.07, 6.45) is 0. The first kappa shape index (κ1) is 15.9. The molecule has 0 radical (unpaired) electrons. The maximum atomic E-state index is 13.6. The number of aromatic carboxylic acids is 1. The Morgan fingerprint density at radius 2 is 1.82 bits per heavy atom. The van der Waals surface area contributed by atoms with Crippen LogP contribution >= 0.6 is 0 Å². The molecule has 0 aromatic heterocycles. The van der Waals surface area contributed by atoms with Crippen LogP contribution in [0, 0.1) is 18.6 Å². The number of carboxylic acid groups (broad SMARTS) is 1. The first-order valence-electron chi connectivity index (χ1n) is 6.00. The van der Waals surface area contributed by atoms with Gasteiger partial charge in [-0.25, -0.2) is 17.2 Å². The molecular formula is C14H10F2NO4S-. The second kappa shape index (κ2) is 5.72. The number of carbonyl (C=O) groups is 1. The van der Waals surface area contributed by atoms with Crippen LogP contribution in [0.25, 0.3) is 0 Å². The Bertz CT molecular complexity index is 850. The number of nitrogens with one attached hydrogen (secondary N) is 1. The summed E-state index contributed by atoms with van der Waals surface area (Å²) in [5, 5.41) is 10.8.